The molecule has 5 nitrogen and oxygen atoms in total. The molecule has 1 aromatic rings. The molecule has 1 fully saturated rings. The summed E-state index contributed by atoms with van der Waals surface area (Å²) in [7, 11) is 0. The van der Waals surface area contributed by atoms with E-state index in [1.807, 2.05) is 0 Å². The zero-order chi connectivity index (χ0) is 11.5. The van der Waals surface area contributed by atoms with E-state index in [0.717, 1.165) is 11.3 Å². The highest BCUT2D eigenvalue weighted by molar-refractivity contribution is 7.15. The maximum Gasteiger partial charge on any atom is 0.323 e. The third kappa shape index (κ3) is 2.51. The van der Waals surface area contributed by atoms with Crippen molar-refractivity contribution in [1.29, 1.82) is 0 Å². The SMILES string of the molecule is CCc1cnc(NC(=O)N2CC[C@H](O)C2)s1. The first-order chi connectivity index (χ1) is 7.69. The molecule has 1 atom stereocenters. The van der Waals surface area contributed by atoms with E-state index in [0.29, 0.717) is 24.6 Å². The number of nitrogens with one attached hydrogen (secondary N) is 1. The highest BCUT2D eigenvalue weighted by Gasteiger charge is 2.24. The fraction of sp³-hybridized carbons (Fsp3) is 0.600. The van der Waals surface area contributed by atoms with Crippen LogP contribution in [0.15, 0.2) is 6.20 Å². The van der Waals surface area contributed by atoms with Crippen LogP contribution in [-0.4, -0.2) is 40.2 Å². The van der Waals surface area contributed by atoms with E-state index in [9.17, 15) is 9.90 Å². The van der Waals surface area contributed by atoms with Crippen molar-refractivity contribution in [2.75, 3.05) is 18.4 Å². The first kappa shape index (κ1) is 11.3. The summed E-state index contributed by atoms with van der Waals surface area (Å²) in [5.74, 6) is 0. The highest BCUT2D eigenvalue weighted by Crippen LogP contribution is 2.19. The van der Waals surface area contributed by atoms with Crippen molar-refractivity contribution >= 4 is 22.5 Å². The van der Waals surface area contributed by atoms with Gasteiger partial charge in [-0.2, -0.15) is 0 Å². The molecule has 2 N–H and O–H groups in total. The molecule has 0 spiro atoms. The molecule has 0 saturated carbocycles. The average Bonchev–Trinajstić information content (AvgIpc) is 2.87. The highest BCUT2D eigenvalue weighted by atomic mass is 32.1. The molecular weight excluding hydrogens is 226 g/mol. The number of likely N-dealkylation sites (tertiary alicyclic amines) is 1. The molecule has 16 heavy (non-hydrogen) atoms. The van der Waals surface area contributed by atoms with Gasteiger partial charge in [0.2, 0.25) is 0 Å². The Kier molecular flexibility index (Phi) is 3.40. The number of aliphatic hydroxyl groups excluding tert-OH is 1. The molecule has 2 heterocycles. The maximum absolute atomic E-state index is 11.7. The first-order valence-corrected chi connectivity index (χ1v) is 6.19. The number of aromatic nitrogens is 1. The van der Waals surface area contributed by atoms with Gasteiger partial charge < -0.3 is 10.0 Å². The number of nitrogens with zero attached hydrogens (tertiary/aromatic N) is 2. The van der Waals surface area contributed by atoms with Gasteiger partial charge in [0.05, 0.1) is 6.10 Å². The van der Waals surface area contributed by atoms with Crippen molar-refractivity contribution in [3.8, 4) is 0 Å². The van der Waals surface area contributed by atoms with Crippen LogP contribution in [0.25, 0.3) is 0 Å². The summed E-state index contributed by atoms with van der Waals surface area (Å²) in [6.45, 7) is 3.08. The molecule has 0 radical (unpaired) electrons. The number of β-amino-alcohol motifs (C(OH)–C–C–N with tert-alkyl or cyclic N) is 1. The number of rotatable bonds is 2. The van der Waals surface area contributed by atoms with E-state index < -0.39 is 0 Å². The monoisotopic (exact) mass is 241 g/mol. The van der Waals surface area contributed by atoms with Crippen LogP contribution in [0.1, 0.15) is 18.2 Å². The van der Waals surface area contributed by atoms with Gasteiger partial charge in [0, 0.05) is 24.2 Å². The van der Waals surface area contributed by atoms with E-state index in [1.54, 1.807) is 11.1 Å². The van der Waals surface area contributed by atoms with Crippen LogP contribution in [-0.2, 0) is 6.42 Å². The number of aryl methyl sites for hydroxylation is 1. The number of aliphatic hydroxyl groups is 1. The number of anilines is 1. The van der Waals surface area contributed by atoms with Crippen LogP contribution in [0, 0.1) is 0 Å². The molecule has 6 heteroatoms. The van der Waals surface area contributed by atoms with Crippen molar-refractivity contribution in [1.82, 2.24) is 9.88 Å². The Hall–Kier alpha value is -1.14. The minimum Gasteiger partial charge on any atom is -0.391 e. The average molecular weight is 241 g/mol. The summed E-state index contributed by atoms with van der Waals surface area (Å²) >= 11 is 1.49. The zero-order valence-electron chi connectivity index (χ0n) is 9.14. The van der Waals surface area contributed by atoms with Crippen LogP contribution in [0.5, 0.6) is 0 Å². The topological polar surface area (TPSA) is 65.5 Å². The summed E-state index contributed by atoms with van der Waals surface area (Å²) < 4.78 is 0. The van der Waals surface area contributed by atoms with Gasteiger partial charge in [-0.25, -0.2) is 9.78 Å². The Morgan fingerprint density at radius 1 is 1.81 bits per heavy atom. The second-order valence-corrected chi connectivity index (χ2v) is 4.92. The third-order valence-corrected chi connectivity index (χ3v) is 3.62. The van der Waals surface area contributed by atoms with E-state index in [4.69, 9.17) is 0 Å². The molecule has 2 amide bonds. The fourth-order valence-corrected chi connectivity index (χ4v) is 2.37. The minimum atomic E-state index is -0.381. The van der Waals surface area contributed by atoms with Gasteiger partial charge in [-0.3, -0.25) is 5.32 Å². The Morgan fingerprint density at radius 2 is 2.62 bits per heavy atom. The Balaban J connectivity index is 1.91. The normalized spacial score (nSPS) is 20.1. The first-order valence-electron chi connectivity index (χ1n) is 5.37. The van der Waals surface area contributed by atoms with Crippen LogP contribution in [0.2, 0.25) is 0 Å². The summed E-state index contributed by atoms with van der Waals surface area (Å²) in [6.07, 6.45) is 2.98. The fourth-order valence-electron chi connectivity index (χ4n) is 1.63. The largest absolute Gasteiger partial charge is 0.391 e. The standard InChI is InChI=1S/C10H15N3O2S/c1-2-8-5-11-9(16-8)12-10(15)13-4-3-7(14)6-13/h5,7,14H,2-4,6H2,1H3,(H,11,12,15)/t7-/m0/s1. The summed E-state index contributed by atoms with van der Waals surface area (Å²) in [6, 6.07) is -0.173. The molecule has 1 aliphatic rings. The van der Waals surface area contributed by atoms with Crippen molar-refractivity contribution in [2.24, 2.45) is 0 Å². The Morgan fingerprint density at radius 3 is 3.19 bits per heavy atom. The zero-order valence-corrected chi connectivity index (χ0v) is 9.96. The molecule has 0 aliphatic carbocycles. The molecule has 88 valence electrons. The van der Waals surface area contributed by atoms with Crippen LogP contribution < -0.4 is 5.32 Å². The van der Waals surface area contributed by atoms with Gasteiger partial charge in [-0.15, -0.1) is 11.3 Å². The molecule has 0 aromatic carbocycles. The maximum atomic E-state index is 11.7. The molecule has 1 saturated heterocycles. The predicted octanol–water partition coefficient (Wildman–Crippen LogP) is 1.30. The van der Waals surface area contributed by atoms with Crippen molar-refractivity contribution in [3.05, 3.63) is 11.1 Å². The van der Waals surface area contributed by atoms with Crippen LogP contribution >= 0.6 is 11.3 Å². The van der Waals surface area contributed by atoms with Gasteiger partial charge in [0.25, 0.3) is 0 Å². The van der Waals surface area contributed by atoms with Gasteiger partial charge in [-0.1, -0.05) is 6.92 Å². The van der Waals surface area contributed by atoms with E-state index in [1.165, 1.54) is 11.3 Å². The molecule has 1 aromatic heterocycles. The third-order valence-electron chi connectivity index (χ3n) is 2.57. The quantitative estimate of drug-likeness (QED) is 0.820. The number of hydrogen-bond acceptors (Lipinski definition) is 4. The second kappa shape index (κ2) is 4.80. The molecular formula is C10H15N3O2S. The van der Waals surface area contributed by atoms with Crippen molar-refractivity contribution in [2.45, 2.75) is 25.9 Å². The summed E-state index contributed by atoms with van der Waals surface area (Å²) in [5, 5.41) is 12.7. The molecule has 0 unspecified atom stereocenters. The summed E-state index contributed by atoms with van der Waals surface area (Å²) in [5.41, 5.74) is 0. The Bertz CT molecular complexity index is 380. The lowest BCUT2D eigenvalue weighted by Gasteiger charge is -2.14. The van der Waals surface area contributed by atoms with Gasteiger partial charge >= 0.3 is 6.03 Å². The van der Waals surface area contributed by atoms with Gasteiger partial charge in [-0.05, 0) is 12.8 Å². The lowest BCUT2D eigenvalue weighted by molar-refractivity contribution is 0.176. The number of urea groups is 1. The van der Waals surface area contributed by atoms with E-state index in [-0.39, 0.29) is 12.1 Å². The summed E-state index contributed by atoms with van der Waals surface area (Å²) in [4.78, 5) is 18.6. The Labute approximate surface area is 98.1 Å². The lowest BCUT2D eigenvalue weighted by atomic mass is 10.3. The molecule has 0 bridgehead atoms. The number of hydrogen-bond donors (Lipinski definition) is 2. The smallest absolute Gasteiger partial charge is 0.323 e. The second-order valence-electron chi connectivity index (χ2n) is 3.80. The number of amides is 2. The van der Waals surface area contributed by atoms with Gasteiger partial charge in [0.15, 0.2) is 5.13 Å². The molecule has 2 rings (SSSR count). The van der Waals surface area contributed by atoms with Crippen LogP contribution in [0.3, 0.4) is 0 Å². The van der Waals surface area contributed by atoms with Crippen molar-refractivity contribution < 1.29 is 9.90 Å². The molecule has 1 aliphatic heterocycles. The predicted molar refractivity (Wildman–Crippen MR) is 62.7 cm³/mol. The van der Waals surface area contributed by atoms with Crippen LogP contribution in [0.4, 0.5) is 9.93 Å². The number of carbonyl (C=O) groups excluding carboxylic acids is 1. The van der Waals surface area contributed by atoms with E-state index in [2.05, 4.69) is 17.2 Å². The lowest BCUT2D eigenvalue weighted by Crippen LogP contribution is -2.33. The minimum absolute atomic E-state index is 0.173. The number of thiazole rings is 1. The van der Waals surface area contributed by atoms with Gasteiger partial charge in [0.1, 0.15) is 0 Å². The van der Waals surface area contributed by atoms with E-state index >= 15 is 0 Å². The van der Waals surface area contributed by atoms with Crippen molar-refractivity contribution in [3.63, 3.8) is 0 Å². The number of carbonyl (C=O) groups is 1.